The van der Waals surface area contributed by atoms with E-state index in [1.54, 1.807) is 36.4 Å². The van der Waals surface area contributed by atoms with Crippen LogP contribution in [-0.2, 0) is 11.0 Å². The summed E-state index contributed by atoms with van der Waals surface area (Å²) in [6.45, 7) is 0.138. The number of aliphatic carboxylic acids is 1. The monoisotopic (exact) mass is 542 g/mol. The first-order valence-corrected chi connectivity index (χ1v) is 12.1. The Kier molecular flexibility index (Phi) is 6.11. The van der Waals surface area contributed by atoms with Crippen LogP contribution in [0.1, 0.15) is 30.1 Å². The average Bonchev–Trinajstić information content (AvgIpc) is 3.55. The molecule has 6 rings (SSSR count). The van der Waals surface area contributed by atoms with Gasteiger partial charge in [-0.25, -0.2) is 0 Å². The molecule has 0 spiro atoms. The molecule has 0 unspecified atom stereocenters. The van der Waals surface area contributed by atoms with Crippen molar-refractivity contribution < 1.29 is 42.0 Å². The highest BCUT2D eigenvalue weighted by Gasteiger charge is 2.43. The number of aliphatic hydroxyl groups excluding tert-OH is 1. The molecule has 13 heteroatoms. The number of halogens is 3. The van der Waals surface area contributed by atoms with E-state index in [1.807, 2.05) is 0 Å². The largest absolute Gasteiger partial charge is 0.491 e. The second-order valence-corrected chi connectivity index (χ2v) is 9.51. The van der Waals surface area contributed by atoms with Crippen LogP contribution in [0.15, 0.2) is 57.6 Å². The van der Waals surface area contributed by atoms with Crippen molar-refractivity contribution in [2.24, 2.45) is 5.92 Å². The van der Waals surface area contributed by atoms with Crippen molar-refractivity contribution in [3.63, 3.8) is 0 Å². The van der Waals surface area contributed by atoms with Crippen LogP contribution in [0.25, 0.3) is 34.3 Å². The van der Waals surface area contributed by atoms with Crippen LogP contribution in [0.4, 0.5) is 13.2 Å². The third-order valence-electron chi connectivity index (χ3n) is 6.97. The topological polar surface area (TPSA) is 144 Å². The molecule has 39 heavy (non-hydrogen) atoms. The van der Waals surface area contributed by atoms with Crippen LogP contribution in [0.3, 0.4) is 0 Å². The minimum atomic E-state index is -4.80. The van der Waals surface area contributed by atoms with Crippen LogP contribution in [0.2, 0.25) is 0 Å². The molecule has 3 heterocycles. The fourth-order valence-corrected chi connectivity index (χ4v) is 4.85. The Morgan fingerprint density at radius 2 is 1.79 bits per heavy atom. The van der Waals surface area contributed by atoms with E-state index in [1.165, 1.54) is 12.1 Å². The van der Waals surface area contributed by atoms with Crippen molar-refractivity contribution in [2.45, 2.75) is 37.2 Å². The molecule has 1 fully saturated rings. The number of aliphatic hydroxyl groups is 1. The second kappa shape index (κ2) is 9.50. The first-order valence-electron chi connectivity index (χ1n) is 12.1. The standard InChI is InChI=1S/C26H21F3N4O6/c27-26(28,29)19-20(12-4-2-1-3-5-12)32-38-22(19)24-31-23(33-39-24)13-6-7-16-18(10-13)37-11-17(21(16)34)30-15-8-14(9-15)25(35)36/h1-7,10,14-15,17,21,30,34H,8-9,11H2,(H,35,36)/t14?,15?,17-,21-/m1/s1. The van der Waals surface area contributed by atoms with Crippen molar-refractivity contribution in [1.82, 2.24) is 20.6 Å². The van der Waals surface area contributed by atoms with E-state index in [-0.39, 0.29) is 30.0 Å². The number of nitrogens with zero attached hydrogens (tertiary/aromatic N) is 3. The number of hydrogen-bond donors (Lipinski definition) is 3. The lowest BCUT2D eigenvalue weighted by Crippen LogP contribution is -2.53. The molecular weight excluding hydrogens is 521 g/mol. The molecule has 1 saturated carbocycles. The Hall–Kier alpha value is -4.23. The van der Waals surface area contributed by atoms with Crippen LogP contribution < -0.4 is 10.1 Å². The quantitative estimate of drug-likeness (QED) is 0.322. The van der Waals surface area contributed by atoms with Crippen molar-refractivity contribution in [3.8, 4) is 40.0 Å². The zero-order valence-electron chi connectivity index (χ0n) is 20.1. The molecule has 2 aromatic heterocycles. The summed E-state index contributed by atoms with van der Waals surface area (Å²) in [7, 11) is 0. The first-order chi connectivity index (χ1) is 18.7. The van der Waals surface area contributed by atoms with E-state index in [4.69, 9.17) is 18.9 Å². The second-order valence-electron chi connectivity index (χ2n) is 9.51. The van der Waals surface area contributed by atoms with Gasteiger partial charge >= 0.3 is 12.1 Å². The molecule has 0 amide bonds. The molecule has 4 aromatic rings. The zero-order chi connectivity index (χ0) is 27.3. The highest BCUT2D eigenvalue weighted by Crippen LogP contribution is 2.43. The SMILES string of the molecule is O=C(O)C1CC(N[C@@H]2COc3cc(-c4noc(-c5onc(-c6ccccc6)c5C(F)(F)F)n4)ccc3[C@H]2O)C1. The van der Waals surface area contributed by atoms with Gasteiger partial charge in [-0.05, 0) is 18.9 Å². The summed E-state index contributed by atoms with van der Waals surface area (Å²) >= 11 is 0. The molecular formula is C26H21F3N4O6. The smallest absolute Gasteiger partial charge is 0.422 e. The lowest BCUT2D eigenvalue weighted by molar-refractivity contribution is -0.145. The van der Waals surface area contributed by atoms with Gasteiger partial charge in [0.25, 0.3) is 5.89 Å². The summed E-state index contributed by atoms with van der Waals surface area (Å²) in [5.41, 5.74) is -0.403. The first kappa shape index (κ1) is 25.1. The van der Waals surface area contributed by atoms with Gasteiger partial charge in [0.15, 0.2) is 0 Å². The summed E-state index contributed by atoms with van der Waals surface area (Å²) in [4.78, 5) is 15.1. The van der Waals surface area contributed by atoms with E-state index >= 15 is 0 Å². The minimum Gasteiger partial charge on any atom is -0.491 e. The molecule has 202 valence electrons. The fraction of sp³-hybridized carbons (Fsp3) is 0.308. The van der Waals surface area contributed by atoms with Gasteiger partial charge in [-0.15, -0.1) is 0 Å². The summed E-state index contributed by atoms with van der Waals surface area (Å²) < 4.78 is 58.0. The molecule has 0 saturated heterocycles. The van der Waals surface area contributed by atoms with E-state index in [9.17, 15) is 23.1 Å². The van der Waals surface area contributed by atoms with Gasteiger partial charge in [0, 0.05) is 22.7 Å². The molecule has 2 atom stereocenters. The number of aromatic nitrogens is 3. The number of carbonyl (C=O) groups is 1. The van der Waals surface area contributed by atoms with E-state index in [0.717, 1.165) is 0 Å². The molecule has 1 aliphatic heterocycles. The van der Waals surface area contributed by atoms with Gasteiger partial charge in [-0.3, -0.25) is 4.79 Å². The molecule has 2 aliphatic rings. The Bertz CT molecular complexity index is 1510. The third-order valence-corrected chi connectivity index (χ3v) is 6.97. The maximum Gasteiger partial charge on any atom is 0.422 e. The van der Waals surface area contributed by atoms with Crippen LogP contribution in [-0.4, -0.2) is 50.2 Å². The lowest BCUT2D eigenvalue weighted by Gasteiger charge is -2.39. The van der Waals surface area contributed by atoms with E-state index < -0.39 is 47.2 Å². The number of carboxylic acid groups (broad SMARTS) is 1. The molecule has 0 bridgehead atoms. The zero-order valence-corrected chi connectivity index (χ0v) is 20.1. The summed E-state index contributed by atoms with van der Waals surface area (Å²) in [6.07, 6.45) is -4.74. The van der Waals surface area contributed by atoms with Crippen molar-refractivity contribution in [2.75, 3.05) is 6.61 Å². The molecule has 3 N–H and O–H groups in total. The molecule has 1 aliphatic carbocycles. The lowest BCUT2D eigenvalue weighted by atomic mass is 9.79. The van der Waals surface area contributed by atoms with Gasteiger partial charge in [0.1, 0.15) is 29.7 Å². The maximum atomic E-state index is 14.0. The Morgan fingerprint density at radius 1 is 1.03 bits per heavy atom. The molecule has 10 nitrogen and oxygen atoms in total. The number of nitrogens with one attached hydrogen (secondary N) is 1. The predicted octanol–water partition coefficient (Wildman–Crippen LogP) is 4.32. The van der Waals surface area contributed by atoms with E-state index in [0.29, 0.717) is 29.7 Å². The third kappa shape index (κ3) is 4.63. The molecule has 2 aromatic carbocycles. The van der Waals surface area contributed by atoms with Crippen LogP contribution in [0, 0.1) is 5.92 Å². The van der Waals surface area contributed by atoms with Gasteiger partial charge in [0.05, 0.1) is 12.0 Å². The van der Waals surface area contributed by atoms with Gasteiger partial charge in [-0.1, -0.05) is 52.8 Å². The van der Waals surface area contributed by atoms with E-state index in [2.05, 4.69) is 20.6 Å². The predicted molar refractivity (Wildman–Crippen MR) is 127 cm³/mol. The maximum absolute atomic E-state index is 14.0. The van der Waals surface area contributed by atoms with Gasteiger partial charge in [0.2, 0.25) is 11.6 Å². The van der Waals surface area contributed by atoms with Crippen molar-refractivity contribution in [3.05, 3.63) is 59.7 Å². The number of ether oxygens (including phenoxy) is 1. The number of alkyl halides is 3. The fourth-order valence-electron chi connectivity index (χ4n) is 4.85. The van der Waals surface area contributed by atoms with Crippen LogP contribution in [0.5, 0.6) is 5.75 Å². The molecule has 0 radical (unpaired) electrons. The average molecular weight is 542 g/mol. The number of benzene rings is 2. The number of fused-ring (bicyclic) bond motifs is 1. The number of carboxylic acids is 1. The number of rotatable bonds is 6. The summed E-state index contributed by atoms with van der Waals surface area (Å²) in [5, 5.41) is 30.6. The summed E-state index contributed by atoms with van der Waals surface area (Å²) in [6, 6.07) is 12.1. The minimum absolute atomic E-state index is 0.00824. The van der Waals surface area contributed by atoms with Crippen molar-refractivity contribution in [1.29, 1.82) is 0 Å². The van der Waals surface area contributed by atoms with Crippen LogP contribution >= 0.6 is 0 Å². The normalized spacial score (nSPS) is 22.6. The summed E-state index contributed by atoms with van der Waals surface area (Å²) in [5.74, 6) is -2.04. The highest BCUT2D eigenvalue weighted by atomic mass is 19.4. The Morgan fingerprint density at radius 3 is 2.51 bits per heavy atom. The van der Waals surface area contributed by atoms with Crippen molar-refractivity contribution >= 4 is 5.97 Å². The highest BCUT2D eigenvalue weighted by molar-refractivity contribution is 5.72. The van der Waals surface area contributed by atoms with Gasteiger partial charge < -0.3 is 29.3 Å². The Labute approximate surface area is 218 Å². The Balaban J connectivity index is 1.23. The van der Waals surface area contributed by atoms with Gasteiger partial charge in [-0.2, -0.15) is 18.2 Å². The number of hydrogen-bond acceptors (Lipinski definition) is 9.